The lowest BCUT2D eigenvalue weighted by Crippen LogP contribution is -2.30. The zero-order valence-electron chi connectivity index (χ0n) is 14.6. The number of aromatic nitrogens is 1. The van der Waals surface area contributed by atoms with Gasteiger partial charge in [0.15, 0.2) is 0 Å². The third-order valence-electron chi connectivity index (χ3n) is 4.14. The molecule has 1 aliphatic heterocycles. The van der Waals surface area contributed by atoms with Crippen LogP contribution in [0.5, 0.6) is 0 Å². The van der Waals surface area contributed by atoms with Crippen LogP contribution < -0.4 is 10.6 Å². The van der Waals surface area contributed by atoms with Gasteiger partial charge in [-0.05, 0) is 62.1 Å². The molecule has 0 atom stereocenters. The van der Waals surface area contributed by atoms with Gasteiger partial charge in [-0.3, -0.25) is 4.98 Å². The normalized spacial score (nSPS) is 14.4. The summed E-state index contributed by atoms with van der Waals surface area (Å²) in [5.74, 6) is 0. The van der Waals surface area contributed by atoms with Gasteiger partial charge in [0.05, 0.1) is 16.9 Å². The van der Waals surface area contributed by atoms with Crippen LogP contribution >= 0.6 is 12.2 Å². The van der Waals surface area contributed by atoms with Gasteiger partial charge in [-0.2, -0.15) is 13.2 Å². The summed E-state index contributed by atoms with van der Waals surface area (Å²) < 4.78 is 37.4. The molecule has 1 aromatic carbocycles. The summed E-state index contributed by atoms with van der Waals surface area (Å²) >= 11 is 4.93. The monoisotopic (exact) mass is 381 g/mol. The average molecular weight is 381 g/mol. The van der Waals surface area contributed by atoms with Crippen LogP contribution in [0.25, 0.3) is 0 Å². The zero-order valence-corrected chi connectivity index (χ0v) is 15.4. The molecule has 2 heterocycles. The maximum atomic E-state index is 12.5. The molecule has 0 amide bonds. The SMILES string of the molecule is CC(=S)c1ccncc1.Nc1cc(C(F)(F)F)ccc1N1CCCCC1. The first-order chi connectivity index (χ1) is 12.3. The minimum atomic E-state index is -4.32. The molecule has 0 unspecified atom stereocenters. The fraction of sp³-hybridized carbons (Fsp3) is 0.368. The number of nitrogens with two attached hydrogens (primary N) is 1. The molecule has 0 bridgehead atoms. The number of alkyl halides is 3. The van der Waals surface area contributed by atoms with Gasteiger partial charge in [0, 0.05) is 30.3 Å². The third kappa shape index (κ3) is 5.69. The van der Waals surface area contributed by atoms with Crippen molar-refractivity contribution in [3.63, 3.8) is 0 Å². The average Bonchev–Trinajstić information content (AvgIpc) is 2.63. The van der Waals surface area contributed by atoms with Crippen LogP contribution in [-0.4, -0.2) is 22.9 Å². The Labute approximate surface area is 157 Å². The fourth-order valence-corrected chi connectivity index (χ4v) is 2.88. The van der Waals surface area contributed by atoms with E-state index in [-0.39, 0.29) is 5.69 Å². The van der Waals surface area contributed by atoms with E-state index in [1.165, 1.54) is 12.5 Å². The number of pyridine rings is 1. The van der Waals surface area contributed by atoms with Crippen LogP contribution in [0, 0.1) is 0 Å². The number of hydrogen-bond acceptors (Lipinski definition) is 4. The van der Waals surface area contributed by atoms with Gasteiger partial charge in [-0.1, -0.05) is 12.2 Å². The fourth-order valence-electron chi connectivity index (χ4n) is 2.74. The van der Waals surface area contributed by atoms with Gasteiger partial charge in [-0.25, -0.2) is 0 Å². The maximum Gasteiger partial charge on any atom is 0.416 e. The Bertz CT molecular complexity index is 727. The lowest BCUT2D eigenvalue weighted by atomic mass is 10.1. The molecule has 1 fully saturated rings. The summed E-state index contributed by atoms with van der Waals surface area (Å²) in [5.41, 5.74) is 7.04. The van der Waals surface area contributed by atoms with Crippen LogP contribution in [-0.2, 0) is 6.18 Å². The molecule has 0 radical (unpaired) electrons. The zero-order chi connectivity index (χ0) is 19.2. The molecule has 1 aromatic heterocycles. The Morgan fingerprint density at radius 2 is 1.69 bits per heavy atom. The van der Waals surface area contributed by atoms with Gasteiger partial charge >= 0.3 is 6.18 Å². The molecule has 0 aliphatic carbocycles. The highest BCUT2D eigenvalue weighted by molar-refractivity contribution is 7.80. The molecule has 0 spiro atoms. The first kappa shape index (κ1) is 20.2. The molecule has 3 rings (SSSR count). The highest BCUT2D eigenvalue weighted by Gasteiger charge is 2.31. The third-order valence-corrected chi connectivity index (χ3v) is 4.37. The summed E-state index contributed by atoms with van der Waals surface area (Å²) in [4.78, 5) is 6.84. The Balaban J connectivity index is 0.000000228. The predicted octanol–water partition coefficient (Wildman–Crippen LogP) is 5.10. The molecule has 2 aromatic rings. The van der Waals surface area contributed by atoms with Gasteiger partial charge in [-0.15, -0.1) is 0 Å². The molecule has 140 valence electrons. The van der Waals surface area contributed by atoms with Gasteiger partial charge in [0.1, 0.15) is 0 Å². The smallest absolute Gasteiger partial charge is 0.397 e. The summed E-state index contributed by atoms with van der Waals surface area (Å²) in [6.07, 6.45) is 2.47. The number of halogens is 3. The van der Waals surface area contributed by atoms with E-state index >= 15 is 0 Å². The lowest BCUT2D eigenvalue weighted by Gasteiger charge is -2.30. The maximum absolute atomic E-state index is 12.5. The molecule has 2 N–H and O–H groups in total. The summed E-state index contributed by atoms with van der Waals surface area (Å²) in [6.45, 7) is 3.65. The quantitative estimate of drug-likeness (QED) is 0.447. The highest BCUT2D eigenvalue weighted by Crippen LogP contribution is 2.34. The molecule has 1 aliphatic rings. The first-order valence-corrected chi connectivity index (χ1v) is 8.82. The largest absolute Gasteiger partial charge is 0.416 e. The van der Waals surface area contributed by atoms with E-state index in [1.54, 1.807) is 12.4 Å². The second-order valence-corrected chi connectivity index (χ2v) is 6.72. The minimum absolute atomic E-state index is 0.210. The van der Waals surface area contributed by atoms with Crippen molar-refractivity contribution in [2.24, 2.45) is 0 Å². The number of nitrogens with zero attached hydrogens (tertiary/aromatic N) is 2. The van der Waals surface area contributed by atoms with Crippen molar-refractivity contribution in [3.05, 3.63) is 53.9 Å². The number of anilines is 2. The van der Waals surface area contributed by atoms with Crippen LogP contribution in [0.4, 0.5) is 24.5 Å². The summed E-state index contributed by atoms with van der Waals surface area (Å²) in [5, 5.41) is 0. The van der Waals surface area contributed by atoms with E-state index in [1.807, 2.05) is 19.1 Å². The number of thiocarbonyl (C=S) groups is 1. The standard InChI is InChI=1S/C12H15F3N2.C7H7NS/c13-12(14,15)9-4-5-11(10(16)8-9)17-6-2-1-3-7-17;1-6(9)7-2-4-8-5-3-7/h4-5,8H,1-3,6-7,16H2;2-5H,1H3. The number of benzene rings is 1. The summed E-state index contributed by atoms with van der Waals surface area (Å²) in [7, 11) is 0. The van der Waals surface area contributed by atoms with Crippen LogP contribution in [0.3, 0.4) is 0 Å². The van der Waals surface area contributed by atoms with E-state index in [0.29, 0.717) is 0 Å². The van der Waals surface area contributed by atoms with E-state index < -0.39 is 11.7 Å². The number of rotatable bonds is 2. The molecule has 0 saturated carbocycles. The van der Waals surface area contributed by atoms with E-state index in [0.717, 1.165) is 54.2 Å². The number of hydrogen-bond donors (Lipinski definition) is 1. The van der Waals surface area contributed by atoms with Crippen molar-refractivity contribution in [2.75, 3.05) is 23.7 Å². The van der Waals surface area contributed by atoms with E-state index in [9.17, 15) is 13.2 Å². The highest BCUT2D eigenvalue weighted by atomic mass is 32.1. The van der Waals surface area contributed by atoms with E-state index in [4.69, 9.17) is 18.0 Å². The Hall–Kier alpha value is -2.15. The van der Waals surface area contributed by atoms with Crippen molar-refractivity contribution in [1.82, 2.24) is 4.98 Å². The van der Waals surface area contributed by atoms with Crippen molar-refractivity contribution >= 4 is 28.5 Å². The Morgan fingerprint density at radius 3 is 2.15 bits per heavy atom. The Kier molecular flexibility index (Phi) is 6.97. The van der Waals surface area contributed by atoms with Crippen LogP contribution in [0.1, 0.15) is 37.3 Å². The van der Waals surface area contributed by atoms with Gasteiger partial charge in [0.25, 0.3) is 0 Å². The van der Waals surface area contributed by atoms with Crippen molar-refractivity contribution in [1.29, 1.82) is 0 Å². The number of nitrogen functional groups attached to an aromatic ring is 1. The predicted molar refractivity (Wildman–Crippen MR) is 104 cm³/mol. The second kappa shape index (κ2) is 8.98. The summed E-state index contributed by atoms with van der Waals surface area (Å²) in [6, 6.07) is 7.40. The molecule has 1 saturated heterocycles. The molecular weight excluding hydrogens is 359 g/mol. The Morgan fingerprint density at radius 1 is 1.08 bits per heavy atom. The lowest BCUT2D eigenvalue weighted by molar-refractivity contribution is -0.137. The van der Waals surface area contributed by atoms with Gasteiger partial charge in [0.2, 0.25) is 0 Å². The van der Waals surface area contributed by atoms with Crippen molar-refractivity contribution in [2.45, 2.75) is 32.4 Å². The van der Waals surface area contributed by atoms with Crippen molar-refractivity contribution < 1.29 is 13.2 Å². The molecule has 7 heteroatoms. The minimum Gasteiger partial charge on any atom is -0.397 e. The second-order valence-electron chi connectivity index (χ2n) is 6.11. The van der Waals surface area contributed by atoms with Crippen LogP contribution in [0.2, 0.25) is 0 Å². The molecule has 26 heavy (non-hydrogen) atoms. The molecule has 3 nitrogen and oxygen atoms in total. The van der Waals surface area contributed by atoms with Crippen molar-refractivity contribution in [3.8, 4) is 0 Å². The number of piperidine rings is 1. The van der Waals surface area contributed by atoms with Crippen LogP contribution in [0.15, 0.2) is 42.7 Å². The molecular formula is C19H22F3N3S. The topological polar surface area (TPSA) is 42.1 Å². The first-order valence-electron chi connectivity index (χ1n) is 8.41. The van der Waals surface area contributed by atoms with Gasteiger partial charge < -0.3 is 10.6 Å². The van der Waals surface area contributed by atoms with E-state index in [2.05, 4.69) is 9.88 Å².